The summed E-state index contributed by atoms with van der Waals surface area (Å²) in [5, 5.41) is 3.44. The fourth-order valence-electron chi connectivity index (χ4n) is 3.12. The summed E-state index contributed by atoms with van der Waals surface area (Å²) in [6, 6.07) is 10.2. The minimum absolute atomic E-state index is 0.600. The van der Waals surface area contributed by atoms with Crippen molar-refractivity contribution >= 4 is 16.7 Å². The molecule has 0 aliphatic carbocycles. The zero-order chi connectivity index (χ0) is 19.2. The fourth-order valence-corrected chi connectivity index (χ4v) is 3.12. The lowest BCUT2D eigenvalue weighted by Gasteiger charge is -2.15. The van der Waals surface area contributed by atoms with Gasteiger partial charge in [0.2, 0.25) is 5.75 Å². The van der Waals surface area contributed by atoms with Gasteiger partial charge in [-0.15, -0.1) is 0 Å². The maximum Gasteiger partial charge on any atom is 0.203 e. The number of aromatic nitrogens is 2. The van der Waals surface area contributed by atoms with Gasteiger partial charge < -0.3 is 24.1 Å². The maximum atomic E-state index is 5.42. The first-order chi connectivity index (χ1) is 13.2. The minimum atomic E-state index is 0.600. The highest BCUT2D eigenvalue weighted by Gasteiger charge is 2.13. The van der Waals surface area contributed by atoms with E-state index in [1.54, 1.807) is 21.3 Å². The quantitative estimate of drug-likeness (QED) is 0.603. The van der Waals surface area contributed by atoms with Crippen molar-refractivity contribution in [3.05, 3.63) is 42.2 Å². The number of nitrogens with zero attached hydrogens (tertiary/aromatic N) is 2. The Bertz CT molecular complexity index is 880. The van der Waals surface area contributed by atoms with Crippen LogP contribution in [0.3, 0.4) is 0 Å². The number of unbranched alkanes of at least 4 members (excludes halogenated alkanes) is 1. The van der Waals surface area contributed by atoms with E-state index < -0.39 is 0 Å². The molecule has 1 N–H and O–H groups in total. The van der Waals surface area contributed by atoms with Gasteiger partial charge in [0.15, 0.2) is 11.5 Å². The first-order valence-corrected chi connectivity index (χ1v) is 9.17. The van der Waals surface area contributed by atoms with Crippen LogP contribution >= 0.6 is 0 Å². The molecule has 3 rings (SSSR count). The fraction of sp³-hybridized carbons (Fsp3) is 0.381. The maximum absolute atomic E-state index is 5.42. The molecular formula is C21H27N3O3. The summed E-state index contributed by atoms with van der Waals surface area (Å²) in [5.41, 5.74) is 4.23. The Morgan fingerprint density at radius 1 is 1.00 bits per heavy atom. The molecule has 0 fully saturated rings. The average Bonchev–Trinajstić information content (AvgIpc) is 3.11. The van der Waals surface area contributed by atoms with Crippen LogP contribution in [-0.2, 0) is 13.1 Å². The van der Waals surface area contributed by atoms with E-state index in [1.807, 2.05) is 18.5 Å². The van der Waals surface area contributed by atoms with E-state index in [2.05, 4.69) is 40.0 Å². The molecule has 0 aliphatic rings. The van der Waals surface area contributed by atoms with E-state index in [0.717, 1.165) is 29.7 Å². The van der Waals surface area contributed by atoms with Crippen LogP contribution in [0.4, 0.5) is 5.69 Å². The van der Waals surface area contributed by atoms with Crippen LogP contribution in [0.1, 0.15) is 25.3 Å². The Morgan fingerprint density at radius 3 is 2.37 bits per heavy atom. The summed E-state index contributed by atoms with van der Waals surface area (Å²) in [4.78, 5) is 4.53. The van der Waals surface area contributed by atoms with Crippen LogP contribution in [0.2, 0.25) is 0 Å². The van der Waals surface area contributed by atoms with Crippen molar-refractivity contribution in [2.24, 2.45) is 0 Å². The second kappa shape index (κ2) is 8.66. The Hall–Kier alpha value is -2.89. The predicted molar refractivity (Wildman–Crippen MR) is 108 cm³/mol. The van der Waals surface area contributed by atoms with Crippen molar-refractivity contribution in [1.82, 2.24) is 9.55 Å². The van der Waals surface area contributed by atoms with E-state index in [1.165, 1.54) is 11.9 Å². The molecule has 0 saturated heterocycles. The monoisotopic (exact) mass is 369 g/mol. The van der Waals surface area contributed by atoms with Crippen molar-refractivity contribution in [2.75, 3.05) is 26.6 Å². The summed E-state index contributed by atoms with van der Waals surface area (Å²) in [6.45, 7) is 3.84. The zero-order valence-corrected chi connectivity index (χ0v) is 16.4. The molecule has 144 valence electrons. The van der Waals surface area contributed by atoms with Crippen molar-refractivity contribution in [3.63, 3.8) is 0 Å². The number of aryl methyl sites for hydroxylation is 1. The third-order valence-corrected chi connectivity index (χ3v) is 4.59. The number of hydrogen-bond donors (Lipinski definition) is 1. The lowest BCUT2D eigenvalue weighted by Crippen LogP contribution is -2.02. The average molecular weight is 369 g/mol. The molecule has 1 aromatic heterocycles. The summed E-state index contributed by atoms with van der Waals surface area (Å²) >= 11 is 0. The minimum Gasteiger partial charge on any atom is -0.493 e. The van der Waals surface area contributed by atoms with Gasteiger partial charge in [-0.2, -0.15) is 0 Å². The number of ether oxygens (including phenoxy) is 3. The van der Waals surface area contributed by atoms with E-state index in [0.29, 0.717) is 23.8 Å². The molecule has 0 bridgehead atoms. The van der Waals surface area contributed by atoms with E-state index in [4.69, 9.17) is 14.2 Å². The number of benzene rings is 2. The highest BCUT2D eigenvalue weighted by atomic mass is 16.5. The summed E-state index contributed by atoms with van der Waals surface area (Å²) in [5.74, 6) is 1.90. The van der Waals surface area contributed by atoms with Crippen molar-refractivity contribution in [1.29, 1.82) is 0 Å². The summed E-state index contributed by atoms with van der Waals surface area (Å²) in [6.07, 6.45) is 4.25. The van der Waals surface area contributed by atoms with Gasteiger partial charge in [0.05, 0.1) is 38.7 Å². The number of fused-ring (bicyclic) bond motifs is 1. The molecule has 6 nitrogen and oxygen atoms in total. The molecule has 0 saturated carbocycles. The molecule has 3 aromatic rings. The molecule has 0 amide bonds. The first kappa shape index (κ1) is 18.9. The van der Waals surface area contributed by atoms with Crippen molar-refractivity contribution < 1.29 is 14.2 Å². The number of imidazole rings is 1. The molecule has 0 spiro atoms. The van der Waals surface area contributed by atoms with Gasteiger partial charge in [0.1, 0.15) is 0 Å². The highest BCUT2D eigenvalue weighted by Crippen LogP contribution is 2.38. The number of hydrogen-bond acceptors (Lipinski definition) is 5. The Kier molecular flexibility index (Phi) is 6.06. The second-order valence-electron chi connectivity index (χ2n) is 6.38. The Labute approximate surface area is 160 Å². The largest absolute Gasteiger partial charge is 0.493 e. The van der Waals surface area contributed by atoms with Crippen molar-refractivity contribution in [2.45, 2.75) is 32.9 Å². The second-order valence-corrected chi connectivity index (χ2v) is 6.38. The van der Waals surface area contributed by atoms with Gasteiger partial charge in [-0.3, -0.25) is 0 Å². The summed E-state index contributed by atoms with van der Waals surface area (Å²) in [7, 11) is 4.85. The van der Waals surface area contributed by atoms with Gasteiger partial charge in [-0.1, -0.05) is 13.3 Å². The molecule has 0 aliphatic heterocycles. The highest BCUT2D eigenvalue weighted by molar-refractivity contribution is 5.79. The Morgan fingerprint density at radius 2 is 1.74 bits per heavy atom. The lowest BCUT2D eigenvalue weighted by atomic mass is 10.1. The number of nitrogens with one attached hydrogen (secondary N) is 1. The van der Waals surface area contributed by atoms with Crippen LogP contribution < -0.4 is 19.5 Å². The van der Waals surface area contributed by atoms with Gasteiger partial charge in [-0.05, 0) is 42.3 Å². The normalized spacial score (nSPS) is 10.8. The molecule has 0 radical (unpaired) electrons. The predicted octanol–water partition coefficient (Wildman–Crippen LogP) is 4.47. The molecule has 1 heterocycles. The molecular weight excluding hydrogens is 342 g/mol. The molecule has 27 heavy (non-hydrogen) atoms. The molecule has 0 atom stereocenters. The molecule has 2 aromatic carbocycles. The zero-order valence-electron chi connectivity index (χ0n) is 16.4. The molecule has 0 unspecified atom stereocenters. The van der Waals surface area contributed by atoms with E-state index in [9.17, 15) is 0 Å². The van der Waals surface area contributed by atoms with Crippen LogP contribution in [0.5, 0.6) is 17.2 Å². The van der Waals surface area contributed by atoms with Gasteiger partial charge in [0.25, 0.3) is 0 Å². The number of rotatable bonds is 9. The molecule has 6 heteroatoms. The van der Waals surface area contributed by atoms with E-state index >= 15 is 0 Å². The standard InChI is InChI=1S/C21H27N3O3/c1-5-6-9-24-14-23-17-12-16(7-8-18(17)24)22-13-15-10-19(25-2)21(27-4)20(11-15)26-3/h7-8,10-12,14,22H,5-6,9,13H2,1-4H3. The number of methoxy groups -OCH3 is 3. The van der Waals surface area contributed by atoms with Crippen LogP contribution in [0.25, 0.3) is 11.0 Å². The third kappa shape index (κ3) is 4.10. The smallest absolute Gasteiger partial charge is 0.203 e. The van der Waals surface area contributed by atoms with Crippen molar-refractivity contribution in [3.8, 4) is 17.2 Å². The first-order valence-electron chi connectivity index (χ1n) is 9.17. The number of anilines is 1. The van der Waals surface area contributed by atoms with Crippen LogP contribution in [0.15, 0.2) is 36.7 Å². The Balaban J connectivity index is 1.76. The van der Waals surface area contributed by atoms with Crippen LogP contribution in [0, 0.1) is 0 Å². The SMILES string of the molecule is CCCCn1cnc2cc(NCc3cc(OC)c(OC)c(OC)c3)ccc21. The topological polar surface area (TPSA) is 57.5 Å². The lowest BCUT2D eigenvalue weighted by molar-refractivity contribution is 0.324. The van der Waals surface area contributed by atoms with Gasteiger partial charge in [-0.25, -0.2) is 4.98 Å². The third-order valence-electron chi connectivity index (χ3n) is 4.59. The van der Waals surface area contributed by atoms with Gasteiger partial charge in [0, 0.05) is 18.8 Å². The van der Waals surface area contributed by atoms with Crippen LogP contribution in [-0.4, -0.2) is 30.9 Å². The van der Waals surface area contributed by atoms with Gasteiger partial charge >= 0.3 is 0 Å². The van der Waals surface area contributed by atoms with E-state index in [-0.39, 0.29) is 0 Å². The summed E-state index contributed by atoms with van der Waals surface area (Å²) < 4.78 is 18.4.